The SMILES string of the molecule is Clc1ncc(Cl)c(Sc2ncccc2Br)n1. The molecule has 0 saturated carbocycles. The molecule has 16 heavy (non-hydrogen) atoms. The Hall–Kier alpha value is -0.360. The Labute approximate surface area is 115 Å². The van der Waals surface area contributed by atoms with Gasteiger partial charge in [0, 0.05) is 6.20 Å². The summed E-state index contributed by atoms with van der Waals surface area (Å²) in [5, 5.41) is 1.98. The van der Waals surface area contributed by atoms with E-state index in [9.17, 15) is 0 Å². The van der Waals surface area contributed by atoms with Gasteiger partial charge in [0.25, 0.3) is 0 Å². The molecule has 0 bridgehead atoms. The van der Waals surface area contributed by atoms with Crippen molar-refractivity contribution in [2.45, 2.75) is 10.1 Å². The lowest BCUT2D eigenvalue weighted by Crippen LogP contribution is -1.88. The van der Waals surface area contributed by atoms with Crippen LogP contribution in [0.5, 0.6) is 0 Å². The topological polar surface area (TPSA) is 38.7 Å². The van der Waals surface area contributed by atoms with Crippen LogP contribution in [0.2, 0.25) is 10.3 Å². The Balaban J connectivity index is 2.34. The van der Waals surface area contributed by atoms with Crippen LogP contribution >= 0.6 is 50.9 Å². The highest BCUT2D eigenvalue weighted by Gasteiger charge is 2.09. The second-order valence-electron chi connectivity index (χ2n) is 2.68. The fourth-order valence-corrected chi connectivity index (χ4v) is 2.57. The highest BCUT2D eigenvalue weighted by atomic mass is 79.9. The summed E-state index contributed by atoms with van der Waals surface area (Å²) < 4.78 is 0.880. The van der Waals surface area contributed by atoms with Crippen LogP contribution in [-0.4, -0.2) is 15.0 Å². The summed E-state index contributed by atoms with van der Waals surface area (Å²) in [6.07, 6.45) is 3.17. The molecule has 0 atom stereocenters. The first-order valence-electron chi connectivity index (χ1n) is 4.13. The van der Waals surface area contributed by atoms with Gasteiger partial charge in [0.05, 0.1) is 15.7 Å². The molecule has 0 fully saturated rings. The van der Waals surface area contributed by atoms with E-state index in [1.54, 1.807) is 6.20 Å². The van der Waals surface area contributed by atoms with E-state index in [-0.39, 0.29) is 5.28 Å². The van der Waals surface area contributed by atoms with Gasteiger partial charge in [-0.2, -0.15) is 0 Å². The normalized spacial score (nSPS) is 10.4. The Morgan fingerprint density at radius 2 is 2.00 bits per heavy atom. The van der Waals surface area contributed by atoms with Crippen LogP contribution in [0.15, 0.2) is 39.1 Å². The molecule has 0 amide bonds. The van der Waals surface area contributed by atoms with Crippen molar-refractivity contribution in [1.29, 1.82) is 0 Å². The highest BCUT2D eigenvalue weighted by Crippen LogP contribution is 2.34. The van der Waals surface area contributed by atoms with Crippen molar-refractivity contribution in [3.05, 3.63) is 39.3 Å². The van der Waals surface area contributed by atoms with Gasteiger partial charge in [0.1, 0.15) is 10.1 Å². The standard InChI is InChI=1S/C9H4BrCl2N3S/c10-5-2-1-3-13-7(5)16-8-6(11)4-14-9(12)15-8/h1-4H. The molecule has 0 aliphatic rings. The summed E-state index contributed by atoms with van der Waals surface area (Å²) in [5.41, 5.74) is 0. The van der Waals surface area contributed by atoms with E-state index in [0.717, 1.165) is 9.50 Å². The average molecular weight is 337 g/mol. The van der Waals surface area contributed by atoms with Crippen molar-refractivity contribution in [1.82, 2.24) is 15.0 Å². The van der Waals surface area contributed by atoms with Gasteiger partial charge in [-0.3, -0.25) is 0 Å². The van der Waals surface area contributed by atoms with Gasteiger partial charge in [0.2, 0.25) is 5.28 Å². The molecule has 7 heteroatoms. The zero-order valence-corrected chi connectivity index (χ0v) is 11.6. The van der Waals surface area contributed by atoms with Gasteiger partial charge in [-0.25, -0.2) is 15.0 Å². The molecule has 0 aromatic carbocycles. The Morgan fingerprint density at radius 3 is 2.75 bits per heavy atom. The van der Waals surface area contributed by atoms with Crippen molar-refractivity contribution in [2.24, 2.45) is 0 Å². The zero-order chi connectivity index (χ0) is 11.5. The quantitative estimate of drug-likeness (QED) is 0.611. The van der Waals surface area contributed by atoms with Crippen molar-refractivity contribution in [2.75, 3.05) is 0 Å². The van der Waals surface area contributed by atoms with E-state index >= 15 is 0 Å². The average Bonchev–Trinajstić information content (AvgIpc) is 2.27. The molecule has 2 heterocycles. The van der Waals surface area contributed by atoms with E-state index in [4.69, 9.17) is 23.2 Å². The van der Waals surface area contributed by atoms with E-state index in [0.29, 0.717) is 10.0 Å². The van der Waals surface area contributed by atoms with E-state index in [2.05, 4.69) is 30.9 Å². The number of hydrogen-bond donors (Lipinski definition) is 0. The van der Waals surface area contributed by atoms with Gasteiger partial charge in [-0.1, -0.05) is 11.6 Å². The molecular weight excluding hydrogens is 333 g/mol. The van der Waals surface area contributed by atoms with Crippen molar-refractivity contribution >= 4 is 50.9 Å². The first-order chi connectivity index (χ1) is 7.66. The van der Waals surface area contributed by atoms with Gasteiger partial charge in [0.15, 0.2) is 0 Å². The van der Waals surface area contributed by atoms with Gasteiger partial charge < -0.3 is 0 Å². The summed E-state index contributed by atoms with van der Waals surface area (Å²) in [6.45, 7) is 0. The van der Waals surface area contributed by atoms with Crippen LogP contribution in [0.4, 0.5) is 0 Å². The number of halogens is 3. The van der Waals surface area contributed by atoms with Gasteiger partial charge >= 0.3 is 0 Å². The monoisotopic (exact) mass is 335 g/mol. The largest absolute Gasteiger partial charge is 0.248 e. The summed E-state index contributed by atoms with van der Waals surface area (Å²) >= 11 is 16.4. The van der Waals surface area contributed by atoms with Gasteiger partial charge in [-0.05, 0) is 51.4 Å². The predicted molar refractivity (Wildman–Crippen MR) is 68.1 cm³/mol. The third-order valence-corrected chi connectivity index (χ3v) is 4.10. The van der Waals surface area contributed by atoms with Crippen LogP contribution in [0.3, 0.4) is 0 Å². The molecule has 0 radical (unpaired) electrons. The molecule has 0 aliphatic heterocycles. The molecule has 2 rings (SSSR count). The van der Waals surface area contributed by atoms with Crippen molar-refractivity contribution < 1.29 is 0 Å². The van der Waals surface area contributed by atoms with Crippen LogP contribution in [-0.2, 0) is 0 Å². The lowest BCUT2D eigenvalue weighted by Gasteiger charge is -2.03. The van der Waals surface area contributed by atoms with E-state index in [1.165, 1.54) is 18.0 Å². The molecule has 0 unspecified atom stereocenters. The minimum absolute atomic E-state index is 0.166. The number of pyridine rings is 1. The summed E-state index contributed by atoms with van der Waals surface area (Å²) in [6, 6.07) is 3.73. The number of rotatable bonds is 2. The van der Waals surface area contributed by atoms with E-state index in [1.807, 2.05) is 12.1 Å². The zero-order valence-electron chi connectivity index (χ0n) is 7.69. The number of hydrogen-bond acceptors (Lipinski definition) is 4. The second-order valence-corrected chi connectivity index (χ2v) is 5.26. The highest BCUT2D eigenvalue weighted by molar-refractivity contribution is 9.10. The minimum atomic E-state index is 0.166. The second kappa shape index (κ2) is 5.31. The predicted octanol–water partition coefficient (Wildman–Crippen LogP) is 4.09. The molecule has 2 aromatic rings. The number of aromatic nitrogens is 3. The third kappa shape index (κ3) is 2.85. The van der Waals surface area contributed by atoms with Crippen LogP contribution in [0, 0.1) is 0 Å². The van der Waals surface area contributed by atoms with Crippen LogP contribution in [0.1, 0.15) is 0 Å². The fourth-order valence-electron chi connectivity index (χ4n) is 0.941. The molecular formula is C9H4BrCl2N3S. The smallest absolute Gasteiger partial charge is 0.223 e. The third-order valence-electron chi connectivity index (χ3n) is 1.60. The van der Waals surface area contributed by atoms with Crippen LogP contribution in [0.25, 0.3) is 0 Å². The maximum absolute atomic E-state index is 5.95. The molecule has 0 aliphatic carbocycles. The summed E-state index contributed by atoms with van der Waals surface area (Å²) in [5.74, 6) is 0. The lowest BCUT2D eigenvalue weighted by molar-refractivity contribution is 1.03. The van der Waals surface area contributed by atoms with Gasteiger partial charge in [-0.15, -0.1) is 0 Å². The molecule has 0 N–H and O–H groups in total. The first-order valence-corrected chi connectivity index (χ1v) is 6.50. The summed E-state index contributed by atoms with van der Waals surface area (Å²) in [7, 11) is 0. The van der Waals surface area contributed by atoms with Crippen molar-refractivity contribution in [3.8, 4) is 0 Å². The molecule has 2 aromatic heterocycles. The van der Waals surface area contributed by atoms with E-state index < -0.39 is 0 Å². The molecule has 82 valence electrons. The maximum Gasteiger partial charge on any atom is 0.223 e. The molecule has 0 spiro atoms. The summed E-state index contributed by atoms with van der Waals surface area (Å²) in [4.78, 5) is 12.0. The Kier molecular flexibility index (Phi) is 4.02. The Bertz CT molecular complexity index is 524. The lowest BCUT2D eigenvalue weighted by atomic mass is 10.5. The van der Waals surface area contributed by atoms with Crippen LogP contribution < -0.4 is 0 Å². The molecule has 0 saturated heterocycles. The fraction of sp³-hybridized carbons (Fsp3) is 0. The number of nitrogens with zero attached hydrogens (tertiary/aromatic N) is 3. The Morgan fingerprint density at radius 1 is 1.19 bits per heavy atom. The molecule has 3 nitrogen and oxygen atoms in total. The van der Waals surface area contributed by atoms with Crippen molar-refractivity contribution in [3.63, 3.8) is 0 Å². The minimum Gasteiger partial charge on any atom is -0.248 e. The maximum atomic E-state index is 5.95. The first kappa shape index (κ1) is 12.1.